The summed E-state index contributed by atoms with van der Waals surface area (Å²) in [7, 11) is 0. The molecule has 0 radical (unpaired) electrons. The number of nitrogens with one attached hydrogen (secondary N) is 1. The lowest BCUT2D eigenvalue weighted by Gasteiger charge is -2.36. The van der Waals surface area contributed by atoms with E-state index in [-0.39, 0.29) is 16.5 Å². The van der Waals surface area contributed by atoms with Gasteiger partial charge in [0.2, 0.25) is 0 Å². The van der Waals surface area contributed by atoms with Crippen molar-refractivity contribution in [1.82, 2.24) is 0 Å². The standard InChI is InChI=1S/C15H19BrF3NO/c16-13-5-4-11(8-12(13)15(17,18)19)20-9-14(10-21)6-2-1-3-7-14/h4-5,8,20-21H,1-3,6-7,9-10H2. The number of rotatable bonds is 4. The van der Waals surface area contributed by atoms with Crippen LogP contribution in [0.3, 0.4) is 0 Å². The lowest BCUT2D eigenvalue weighted by Crippen LogP contribution is -2.35. The van der Waals surface area contributed by atoms with Crippen molar-refractivity contribution in [2.75, 3.05) is 18.5 Å². The molecule has 1 aromatic carbocycles. The Hall–Kier alpha value is -0.750. The van der Waals surface area contributed by atoms with E-state index in [0.717, 1.165) is 38.2 Å². The Balaban J connectivity index is 2.09. The first-order valence-corrected chi connectivity index (χ1v) is 7.87. The Morgan fingerprint density at radius 3 is 2.43 bits per heavy atom. The Labute approximate surface area is 130 Å². The summed E-state index contributed by atoms with van der Waals surface area (Å²) in [6.45, 7) is 0.574. The minimum atomic E-state index is -4.38. The van der Waals surface area contributed by atoms with Crippen LogP contribution in [0.2, 0.25) is 0 Å². The van der Waals surface area contributed by atoms with Crippen LogP contribution in [0.4, 0.5) is 18.9 Å². The third-order valence-corrected chi connectivity index (χ3v) is 4.88. The third kappa shape index (κ3) is 4.13. The van der Waals surface area contributed by atoms with Crippen molar-refractivity contribution in [2.45, 2.75) is 38.3 Å². The van der Waals surface area contributed by atoms with E-state index in [1.165, 1.54) is 6.07 Å². The lowest BCUT2D eigenvalue weighted by molar-refractivity contribution is -0.138. The highest BCUT2D eigenvalue weighted by Gasteiger charge is 2.34. The number of hydrogen-bond donors (Lipinski definition) is 2. The van der Waals surface area contributed by atoms with Gasteiger partial charge >= 0.3 is 6.18 Å². The van der Waals surface area contributed by atoms with Gasteiger partial charge in [0.05, 0.1) is 12.2 Å². The van der Waals surface area contributed by atoms with Gasteiger partial charge in [0.25, 0.3) is 0 Å². The molecule has 1 saturated carbocycles. The molecule has 1 aliphatic rings. The fourth-order valence-electron chi connectivity index (χ4n) is 2.83. The molecule has 1 aliphatic carbocycles. The largest absolute Gasteiger partial charge is 0.417 e. The van der Waals surface area contributed by atoms with Gasteiger partial charge in [-0.1, -0.05) is 35.2 Å². The minimum absolute atomic E-state index is 0.0371. The molecule has 2 nitrogen and oxygen atoms in total. The Morgan fingerprint density at radius 1 is 1.19 bits per heavy atom. The van der Waals surface area contributed by atoms with E-state index in [4.69, 9.17) is 0 Å². The number of halogens is 4. The van der Waals surface area contributed by atoms with Crippen molar-refractivity contribution in [3.8, 4) is 0 Å². The van der Waals surface area contributed by atoms with Crippen LogP contribution in [0.25, 0.3) is 0 Å². The summed E-state index contributed by atoms with van der Waals surface area (Å²) < 4.78 is 38.6. The number of aliphatic hydroxyl groups is 1. The van der Waals surface area contributed by atoms with E-state index in [1.807, 2.05) is 0 Å². The zero-order valence-corrected chi connectivity index (χ0v) is 13.2. The highest BCUT2D eigenvalue weighted by atomic mass is 79.9. The normalized spacial score (nSPS) is 18.5. The first kappa shape index (κ1) is 16.6. The van der Waals surface area contributed by atoms with Gasteiger partial charge in [-0.15, -0.1) is 0 Å². The van der Waals surface area contributed by atoms with Gasteiger partial charge in [-0.2, -0.15) is 13.2 Å². The second-order valence-electron chi connectivity index (χ2n) is 5.76. The number of aliphatic hydroxyl groups excluding tert-OH is 1. The van der Waals surface area contributed by atoms with E-state index in [0.29, 0.717) is 12.2 Å². The predicted molar refractivity (Wildman–Crippen MR) is 80.2 cm³/mol. The number of anilines is 1. The Bertz CT molecular complexity index is 484. The quantitative estimate of drug-likeness (QED) is 0.801. The van der Waals surface area contributed by atoms with Crippen molar-refractivity contribution in [1.29, 1.82) is 0 Å². The third-order valence-electron chi connectivity index (χ3n) is 4.19. The molecule has 2 N–H and O–H groups in total. The van der Waals surface area contributed by atoms with Gasteiger partial charge in [-0.3, -0.25) is 0 Å². The summed E-state index contributed by atoms with van der Waals surface area (Å²) >= 11 is 2.93. The highest BCUT2D eigenvalue weighted by Crippen LogP contribution is 2.38. The molecular formula is C15H19BrF3NO. The van der Waals surface area contributed by atoms with Crippen molar-refractivity contribution >= 4 is 21.6 Å². The Kier molecular flexibility index (Phi) is 5.20. The first-order valence-electron chi connectivity index (χ1n) is 7.08. The van der Waals surface area contributed by atoms with E-state index < -0.39 is 11.7 Å². The molecule has 0 amide bonds. The molecule has 0 spiro atoms. The van der Waals surface area contributed by atoms with Gasteiger partial charge in [0.15, 0.2) is 0 Å². The van der Waals surface area contributed by atoms with Gasteiger partial charge in [-0.05, 0) is 31.0 Å². The summed E-state index contributed by atoms with van der Waals surface area (Å²) in [5, 5.41) is 12.7. The fraction of sp³-hybridized carbons (Fsp3) is 0.600. The van der Waals surface area contributed by atoms with E-state index in [1.54, 1.807) is 6.07 Å². The van der Waals surface area contributed by atoms with E-state index >= 15 is 0 Å². The maximum atomic E-state index is 12.9. The van der Waals surface area contributed by atoms with Crippen LogP contribution in [-0.4, -0.2) is 18.3 Å². The maximum absolute atomic E-state index is 12.9. The van der Waals surface area contributed by atoms with Gasteiger partial charge < -0.3 is 10.4 Å². The summed E-state index contributed by atoms with van der Waals surface area (Å²) in [5.74, 6) is 0. The average molecular weight is 366 g/mol. The molecule has 0 bridgehead atoms. The molecule has 1 fully saturated rings. The molecule has 0 unspecified atom stereocenters. The van der Waals surface area contributed by atoms with Crippen LogP contribution >= 0.6 is 15.9 Å². The van der Waals surface area contributed by atoms with Crippen molar-refractivity contribution in [2.24, 2.45) is 5.41 Å². The maximum Gasteiger partial charge on any atom is 0.417 e. The predicted octanol–water partition coefficient (Wildman–Crippen LogP) is 4.82. The van der Waals surface area contributed by atoms with Crippen LogP contribution in [0.1, 0.15) is 37.7 Å². The molecular weight excluding hydrogens is 347 g/mol. The van der Waals surface area contributed by atoms with Crippen molar-refractivity contribution in [3.63, 3.8) is 0 Å². The molecule has 118 valence electrons. The summed E-state index contributed by atoms with van der Waals surface area (Å²) in [5.41, 5.74) is -0.456. The molecule has 2 rings (SSSR count). The smallest absolute Gasteiger partial charge is 0.396 e. The SMILES string of the molecule is OCC1(CNc2ccc(Br)c(C(F)(F)F)c2)CCCCC1. The number of alkyl halides is 3. The molecule has 0 saturated heterocycles. The second-order valence-corrected chi connectivity index (χ2v) is 6.62. The second kappa shape index (κ2) is 6.57. The van der Waals surface area contributed by atoms with Crippen LogP contribution in [-0.2, 0) is 6.18 Å². The minimum Gasteiger partial charge on any atom is -0.396 e. The van der Waals surface area contributed by atoms with Gasteiger partial charge in [-0.25, -0.2) is 0 Å². The van der Waals surface area contributed by atoms with Crippen molar-refractivity contribution < 1.29 is 18.3 Å². The monoisotopic (exact) mass is 365 g/mol. The van der Waals surface area contributed by atoms with Crippen LogP contribution in [0, 0.1) is 5.41 Å². The van der Waals surface area contributed by atoms with Crippen molar-refractivity contribution in [3.05, 3.63) is 28.2 Å². The van der Waals surface area contributed by atoms with Crippen LogP contribution in [0.5, 0.6) is 0 Å². The first-order chi connectivity index (χ1) is 9.86. The van der Waals surface area contributed by atoms with E-state index in [2.05, 4.69) is 21.2 Å². The molecule has 0 heterocycles. The summed E-state index contributed by atoms with van der Waals surface area (Å²) in [4.78, 5) is 0. The molecule has 6 heteroatoms. The molecule has 0 atom stereocenters. The van der Waals surface area contributed by atoms with E-state index in [9.17, 15) is 18.3 Å². The molecule has 0 aliphatic heterocycles. The summed E-state index contributed by atoms with van der Waals surface area (Å²) in [6, 6.07) is 4.13. The van der Waals surface area contributed by atoms with Crippen LogP contribution < -0.4 is 5.32 Å². The van der Waals surface area contributed by atoms with Gasteiger partial charge in [0.1, 0.15) is 0 Å². The van der Waals surface area contributed by atoms with Gasteiger partial charge in [0, 0.05) is 22.1 Å². The molecule has 1 aromatic rings. The number of hydrogen-bond acceptors (Lipinski definition) is 2. The molecule has 21 heavy (non-hydrogen) atoms. The fourth-order valence-corrected chi connectivity index (χ4v) is 3.31. The van der Waals surface area contributed by atoms with Crippen LogP contribution in [0.15, 0.2) is 22.7 Å². The average Bonchev–Trinajstić information content (AvgIpc) is 2.46. The topological polar surface area (TPSA) is 32.3 Å². The Morgan fingerprint density at radius 2 is 1.86 bits per heavy atom. The zero-order valence-electron chi connectivity index (χ0n) is 11.6. The molecule has 0 aromatic heterocycles. The highest BCUT2D eigenvalue weighted by molar-refractivity contribution is 9.10. The lowest BCUT2D eigenvalue weighted by atomic mass is 9.74. The zero-order chi connectivity index (χ0) is 15.5. The number of benzene rings is 1. The summed E-state index contributed by atoms with van der Waals surface area (Å²) in [6.07, 6.45) is 0.749.